The van der Waals surface area contributed by atoms with E-state index in [1.165, 1.54) is 0 Å². The summed E-state index contributed by atoms with van der Waals surface area (Å²) in [7, 11) is 0. The van der Waals surface area contributed by atoms with Crippen LogP contribution in [0.15, 0.2) is 25.3 Å². The molecule has 3 nitrogen and oxygen atoms in total. The van der Waals surface area contributed by atoms with Gasteiger partial charge in [0.05, 0.1) is 6.10 Å². The van der Waals surface area contributed by atoms with Gasteiger partial charge in [-0.1, -0.05) is 26.0 Å². The molecule has 0 saturated carbocycles. The van der Waals surface area contributed by atoms with Crippen molar-refractivity contribution < 1.29 is 9.53 Å². The van der Waals surface area contributed by atoms with Crippen molar-refractivity contribution in [2.24, 2.45) is 5.92 Å². The van der Waals surface area contributed by atoms with E-state index >= 15 is 0 Å². The zero-order chi connectivity index (χ0) is 11.4. The van der Waals surface area contributed by atoms with Crippen LogP contribution in [0.2, 0.25) is 0 Å². The van der Waals surface area contributed by atoms with Crippen molar-refractivity contribution in [2.45, 2.75) is 26.1 Å². The highest BCUT2D eigenvalue weighted by Crippen LogP contribution is 2.30. The largest absolute Gasteiger partial charge is 0.359 e. The van der Waals surface area contributed by atoms with Gasteiger partial charge >= 0.3 is 0 Å². The molecule has 1 aliphatic heterocycles. The Bertz CT molecular complexity index is 250. The second kappa shape index (κ2) is 5.12. The molecular weight excluding hydrogens is 190 g/mol. The Morgan fingerprint density at radius 1 is 1.40 bits per heavy atom. The minimum absolute atomic E-state index is 0.0495. The molecule has 1 rings (SSSR count). The van der Waals surface area contributed by atoms with Crippen molar-refractivity contribution in [2.75, 3.05) is 13.1 Å². The molecule has 84 valence electrons. The van der Waals surface area contributed by atoms with E-state index < -0.39 is 0 Å². The maximum Gasteiger partial charge on any atom is 0.255 e. The van der Waals surface area contributed by atoms with Gasteiger partial charge in [-0.3, -0.25) is 4.79 Å². The SMILES string of the molecule is C=CCN(CC=C)C(=O)[C@@H]1O[C@H]1C(C)C. The van der Waals surface area contributed by atoms with Crippen LogP contribution in [0.25, 0.3) is 0 Å². The number of carbonyl (C=O) groups excluding carboxylic acids is 1. The number of nitrogens with zero attached hydrogens (tertiary/aromatic N) is 1. The number of rotatable bonds is 6. The summed E-state index contributed by atoms with van der Waals surface area (Å²) in [4.78, 5) is 13.6. The van der Waals surface area contributed by atoms with Crippen LogP contribution in [0, 0.1) is 5.92 Å². The Morgan fingerprint density at radius 3 is 2.27 bits per heavy atom. The molecule has 0 radical (unpaired) electrons. The van der Waals surface area contributed by atoms with Crippen molar-refractivity contribution >= 4 is 5.91 Å². The van der Waals surface area contributed by atoms with E-state index in [0.29, 0.717) is 19.0 Å². The maximum absolute atomic E-state index is 11.9. The van der Waals surface area contributed by atoms with Gasteiger partial charge in [-0.2, -0.15) is 0 Å². The lowest BCUT2D eigenvalue weighted by atomic mass is 10.1. The standard InChI is InChI=1S/C12H19NO2/c1-5-7-13(8-6-2)12(14)11-10(15-11)9(3)4/h5-6,9-11H,1-2,7-8H2,3-4H3/t10-,11+/m0/s1. The quantitative estimate of drug-likeness (QED) is 0.492. The van der Waals surface area contributed by atoms with Gasteiger partial charge in [0.15, 0.2) is 6.10 Å². The lowest BCUT2D eigenvalue weighted by molar-refractivity contribution is -0.131. The lowest BCUT2D eigenvalue weighted by Crippen LogP contribution is -2.35. The Hall–Kier alpha value is -1.09. The molecule has 0 spiro atoms. The molecule has 1 heterocycles. The minimum Gasteiger partial charge on any atom is -0.359 e. The molecule has 3 heteroatoms. The summed E-state index contributed by atoms with van der Waals surface area (Å²) in [6.07, 6.45) is 3.28. The van der Waals surface area contributed by atoms with Gasteiger partial charge in [-0.25, -0.2) is 0 Å². The fraction of sp³-hybridized carbons (Fsp3) is 0.583. The van der Waals surface area contributed by atoms with Gasteiger partial charge in [0.25, 0.3) is 5.91 Å². The van der Waals surface area contributed by atoms with Crippen LogP contribution < -0.4 is 0 Å². The van der Waals surface area contributed by atoms with Crippen molar-refractivity contribution in [3.8, 4) is 0 Å². The molecule has 15 heavy (non-hydrogen) atoms. The Morgan fingerprint density at radius 2 is 1.93 bits per heavy atom. The van der Waals surface area contributed by atoms with Crippen molar-refractivity contribution in [1.82, 2.24) is 4.90 Å². The Labute approximate surface area is 91.4 Å². The van der Waals surface area contributed by atoms with Gasteiger partial charge in [-0.05, 0) is 5.92 Å². The highest BCUT2D eigenvalue weighted by molar-refractivity contribution is 5.84. The van der Waals surface area contributed by atoms with Crippen LogP contribution in [-0.4, -0.2) is 36.1 Å². The highest BCUT2D eigenvalue weighted by Gasteiger charge is 2.48. The average molecular weight is 209 g/mol. The summed E-state index contributed by atoms with van der Waals surface area (Å²) in [5.74, 6) is 0.446. The second-order valence-electron chi connectivity index (χ2n) is 4.09. The van der Waals surface area contributed by atoms with Crippen LogP contribution in [0.1, 0.15) is 13.8 Å². The zero-order valence-corrected chi connectivity index (χ0v) is 9.48. The molecule has 0 aromatic carbocycles. The molecule has 1 amide bonds. The predicted molar refractivity (Wildman–Crippen MR) is 60.5 cm³/mol. The fourth-order valence-corrected chi connectivity index (χ4v) is 1.58. The Kier molecular flexibility index (Phi) is 4.09. The average Bonchev–Trinajstić information content (AvgIpc) is 2.96. The van der Waals surface area contributed by atoms with E-state index in [9.17, 15) is 4.79 Å². The Balaban J connectivity index is 2.50. The number of carbonyl (C=O) groups is 1. The van der Waals surface area contributed by atoms with Gasteiger partial charge in [0.2, 0.25) is 0 Å². The van der Waals surface area contributed by atoms with Crippen LogP contribution in [0.3, 0.4) is 0 Å². The van der Waals surface area contributed by atoms with Gasteiger partial charge < -0.3 is 9.64 Å². The third-order valence-corrected chi connectivity index (χ3v) is 2.44. The molecule has 0 N–H and O–H groups in total. The molecule has 0 bridgehead atoms. The molecule has 1 aliphatic rings. The third kappa shape index (κ3) is 2.93. The van der Waals surface area contributed by atoms with Crippen molar-refractivity contribution in [1.29, 1.82) is 0 Å². The molecule has 1 fully saturated rings. The normalized spacial score (nSPS) is 23.7. The van der Waals surface area contributed by atoms with Crippen LogP contribution in [-0.2, 0) is 9.53 Å². The van der Waals surface area contributed by atoms with E-state index in [-0.39, 0.29) is 18.1 Å². The van der Waals surface area contributed by atoms with E-state index in [0.717, 1.165) is 0 Å². The summed E-state index contributed by atoms with van der Waals surface area (Å²) in [6, 6.07) is 0. The van der Waals surface area contributed by atoms with E-state index in [4.69, 9.17) is 4.74 Å². The van der Waals surface area contributed by atoms with E-state index in [1.807, 2.05) is 0 Å². The van der Waals surface area contributed by atoms with Gasteiger partial charge in [-0.15, -0.1) is 13.2 Å². The maximum atomic E-state index is 11.9. The molecule has 0 aromatic heterocycles. The molecule has 0 unspecified atom stereocenters. The molecule has 0 aliphatic carbocycles. The number of hydrogen-bond donors (Lipinski definition) is 0. The second-order valence-corrected chi connectivity index (χ2v) is 4.09. The first-order valence-electron chi connectivity index (χ1n) is 5.27. The zero-order valence-electron chi connectivity index (χ0n) is 9.48. The summed E-state index contributed by atoms with van der Waals surface area (Å²) >= 11 is 0. The number of hydrogen-bond acceptors (Lipinski definition) is 2. The summed E-state index contributed by atoms with van der Waals surface area (Å²) in [6.45, 7) is 12.5. The molecular formula is C12H19NO2. The first-order valence-corrected chi connectivity index (χ1v) is 5.27. The van der Waals surface area contributed by atoms with Crippen LogP contribution in [0.5, 0.6) is 0 Å². The lowest BCUT2D eigenvalue weighted by Gasteiger charge is -2.18. The third-order valence-electron chi connectivity index (χ3n) is 2.44. The van der Waals surface area contributed by atoms with Crippen molar-refractivity contribution in [3.05, 3.63) is 25.3 Å². The van der Waals surface area contributed by atoms with Crippen LogP contribution >= 0.6 is 0 Å². The topological polar surface area (TPSA) is 32.8 Å². The van der Waals surface area contributed by atoms with Crippen LogP contribution in [0.4, 0.5) is 0 Å². The summed E-state index contributed by atoms with van der Waals surface area (Å²) in [5, 5.41) is 0. The number of epoxide rings is 1. The molecule has 0 aromatic rings. The van der Waals surface area contributed by atoms with Gasteiger partial charge in [0.1, 0.15) is 0 Å². The minimum atomic E-state index is -0.245. The first-order chi connectivity index (χ1) is 7.11. The molecule has 2 atom stereocenters. The first kappa shape index (κ1) is 12.0. The molecule has 1 saturated heterocycles. The summed E-state index contributed by atoms with van der Waals surface area (Å²) < 4.78 is 5.35. The van der Waals surface area contributed by atoms with E-state index in [2.05, 4.69) is 27.0 Å². The predicted octanol–water partition coefficient (Wildman–Crippen LogP) is 1.61. The number of ether oxygens (including phenoxy) is 1. The van der Waals surface area contributed by atoms with Gasteiger partial charge in [0, 0.05) is 13.1 Å². The monoisotopic (exact) mass is 209 g/mol. The smallest absolute Gasteiger partial charge is 0.255 e. The summed E-state index contributed by atoms with van der Waals surface area (Å²) in [5.41, 5.74) is 0. The van der Waals surface area contributed by atoms with Crippen molar-refractivity contribution in [3.63, 3.8) is 0 Å². The number of amides is 1. The fourth-order valence-electron chi connectivity index (χ4n) is 1.58. The highest BCUT2D eigenvalue weighted by atomic mass is 16.6. The van der Waals surface area contributed by atoms with E-state index in [1.54, 1.807) is 17.1 Å².